The number of methoxy groups -OCH3 is 1. The van der Waals surface area contributed by atoms with E-state index in [0.29, 0.717) is 40.6 Å². The quantitative estimate of drug-likeness (QED) is 0.337. The normalized spacial score (nSPS) is 48.5. The lowest BCUT2D eigenvalue weighted by Gasteiger charge is -2.61. The molecule has 7 rings (SSSR count). The highest BCUT2D eigenvalue weighted by Gasteiger charge is 2.69. The zero-order chi connectivity index (χ0) is 30.9. The predicted octanol–water partition coefficient (Wildman–Crippen LogP) is 7.32. The van der Waals surface area contributed by atoms with Crippen LogP contribution in [0.5, 0.6) is 0 Å². The molecule has 2 heterocycles. The van der Waals surface area contributed by atoms with E-state index in [1.165, 1.54) is 58.5 Å². The molecule has 7 nitrogen and oxygen atoms in total. The van der Waals surface area contributed by atoms with Gasteiger partial charge >= 0.3 is 12.0 Å². The van der Waals surface area contributed by atoms with Gasteiger partial charge in [-0.15, -0.1) is 0 Å². The molecule has 248 valence electrons. The Morgan fingerprint density at radius 2 is 1.66 bits per heavy atom. The molecule has 1 N–H and O–H groups in total. The second kappa shape index (κ2) is 11.7. The van der Waals surface area contributed by atoms with Gasteiger partial charge in [0.15, 0.2) is 5.79 Å². The lowest BCUT2D eigenvalue weighted by molar-refractivity contribution is -0.273. The number of carbonyl (C=O) groups is 2. The number of nitrogens with zero attached hydrogens (tertiary/aromatic N) is 1. The maximum absolute atomic E-state index is 13.6. The summed E-state index contributed by atoms with van der Waals surface area (Å²) in [6, 6.07) is 0.285. The van der Waals surface area contributed by atoms with Crippen LogP contribution in [0.15, 0.2) is 0 Å². The van der Waals surface area contributed by atoms with Crippen LogP contribution in [-0.4, -0.2) is 61.1 Å². The van der Waals surface area contributed by atoms with Crippen molar-refractivity contribution in [1.82, 2.24) is 10.2 Å². The second-order valence-electron chi connectivity index (χ2n) is 17.1. The van der Waals surface area contributed by atoms with Gasteiger partial charge in [-0.1, -0.05) is 47.0 Å². The van der Waals surface area contributed by atoms with Crippen molar-refractivity contribution in [3.63, 3.8) is 0 Å². The van der Waals surface area contributed by atoms with E-state index in [4.69, 9.17) is 14.2 Å². The van der Waals surface area contributed by atoms with Crippen molar-refractivity contribution in [3.8, 4) is 0 Å². The number of nitrogens with one attached hydrogen (secondary N) is 1. The van der Waals surface area contributed by atoms with E-state index in [9.17, 15) is 9.59 Å². The van der Waals surface area contributed by atoms with Gasteiger partial charge in [-0.05, 0) is 117 Å². The van der Waals surface area contributed by atoms with Gasteiger partial charge in [-0.3, -0.25) is 4.79 Å². The lowest BCUT2D eigenvalue weighted by Crippen LogP contribution is -2.57. The molecule has 0 aromatic carbocycles. The highest BCUT2D eigenvalue weighted by molar-refractivity contribution is 5.81. The van der Waals surface area contributed by atoms with Gasteiger partial charge in [-0.2, -0.15) is 0 Å². The molecule has 7 fully saturated rings. The third-order valence-corrected chi connectivity index (χ3v) is 15.1. The molecule has 0 aromatic heterocycles. The van der Waals surface area contributed by atoms with Gasteiger partial charge in [0.1, 0.15) is 6.54 Å². The molecule has 0 bridgehead atoms. The van der Waals surface area contributed by atoms with Crippen molar-refractivity contribution in [2.45, 2.75) is 148 Å². The topological polar surface area (TPSA) is 77.1 Å². The summed E-state index contributed by atoms with van der Waals surface area (Å²) in [6.07, 6.45) is 17.9. The third kappa shape index (κ3) is 5.04. The minimum atomic E-state index is -0.331. The van der Waals surface area contributed by atoms with Crippen molar-refractivity contribution in [3.05, 3.63) is 0 Å². The molecule has 5 saturated carbocycles. The molecule has 1 spiro atoms. The number of carbonyl (C=O) groups excluding carboxylic acids is 2. The van der Waals surface area contributed by atoms with Crippen LogP contribution < -0.4 is 5.32 Å². The van der Waals surface area contributed by atoms with Gasteiger partial charge in [0.2, 0.25) is 0 Å². The number of fused-ring (bicyclic) bond motifs is 7. The van der Waals surface area contributed by atoms with Gasteiger partial charge in [0.25, 0.3) is 0 Å². The first kappa shape index (κ1) is 31.3. The molecular formula is C37H60N2O5. The molecule has 7 aliphatic rings. The number of rotatable bonds is 4. The van der Waals surface area contributed by atoms with E-state index < -0.39 is 0 Å². The largest absolute Gasteiger partial charge is 0.468 e. The highest BCUT2D eigenvalue weighted by Crippen LogP contribution is 2.71. The van der Waals surface area contributed by atoms with Crippen molar-refractivity contribution in [2.75, 3.05) is 20.3 Å². The molecule has 0 radical (unpaired) electrons. The lowest BCUT2D eigenvalue weighted by atomic mass is 9.44. The van der Waals surface area contributed by atoms with E-state index in [-0.39, 0.29) is 36.4 Å². The maximum Gasteiger partial charge on any atom is 0.325 e. The molecule has 0 aromatic rings. The summed E-state index contributed by atoms with van der Waals surface area (Å²) < 4.78 is 18.5. The van der Waals surface area contributed by atoms with Crippen molar-refractivity contribution < 1.29 is 23.8 Å². The zero-order valence-corrected chi connectivity index (χ0v) is 28.3. The molecule has 0 unspecified atom stereocenters. The van der Waals surface area contributed by atoms with Crippen LogP contribution in [-0.2, 0) is 19.0 Å². The van der Waals surface area contributed by atoms with Crippen LogP contribution in [0.4, 0.5) is 4.79 Å². The predicted molar refractivity (Wildman–Crippen MR) is 170 cm³/mol. The van der Waals surface area contributed by atoms with Crippen LogP contribution in [0, 0.1) is 52.3 Å². The molecule has 2 amide bonds. The number of hydrogen-bond acceptors (Lipinski definition) is 5. The monoisotopic (exact) mass is 612 g/mol. The Morgan fingerprint density at radius 1 is 0.886 bits per heavy atom. The number of ether oxygens (including phenoxy) is 3. The van der Waals surface area contributed by atoms with Crippen LogP contribution in [0.1, 0.15) is 124 Å². The van der Waals surface area contributed by atoms with Gasteiger partial charge in [0.05, 0.1) is 19.8 Å². The fourth-order valence-corrected chi connectivity index (χ4v) is 12.6. The summed E-state index contributed by atoms with van der Waals surface area (Å²) in [5, 5.41) is 3.42. The standard InChI is InChI=1S/C37H60N2O5/c1-23-13-18-37(43-22-23)24(2)33-31(44-37)20-30-28-12-11-25-19-26(14-16-35(25,3)29(28)15-17-36(30,33)4)38-34(41)39(21-32(40)42-5)27-9-7-6-8-10-27/h23-31,33H,6-22H2,1-5H3,(H,38,41)/t23-,24-,25+,26+,28+,29-,30-,31-,33-,35-,36-,37+/m0/s1. The first-order valence-electron chi connectivity index (χ1n) is 18.5. The second-order valence-corrected chi connectivity index (χ2v) is 17.1. The summed E-state index contributed by atoms with van der Waals surface area (Å²) >= 11 is 0. The zero-order valence-electron chi connectivity index (χ0n) is 28.3. The summed E-state index contributed by atoms with van der Waals surface area (Å²) in [4.78, 5) is 27.7. The van der Waals surface area contributed by atoms with Gasteiger partial charge < -0.3 is 24.4 Å². The molecule has 5 aliphatic carbocycles. The third-order valence-electron chi connectivity index (χ3n) is 15.1. The molecular weight excluding hydrogens is 552 g/mol. The van der Waals surface area contributed by atoms with Crippen molar-refractivity contribution >= 4 is 12.0 Å². The molecule has 7 heteroatoms. The van der Waals surface area contributed by atoms with Crippen LogP contribution in [0.3, 0.4) is 0 Å². The van der Waals surface area contributed by atoms with E-state index in [0.717, 1.165) is 69.3 Å². The summed E-state index contributed by atoms with van der Waals surface area (Å²) in [5.74, 6) is 4.09. The molecule has 2 saturated heterocycles. The Labute approximate surface area is 266 Å². The van der Waals surface area contributed by atoms with E-state index >= 15 is 0 Å². The van der Waals surface area contributed by atoms with Gasteiger partial charge in [0, 0.05) is 24.4 Å². The fourth-order valence-electron chi connectivity index (χ4n) is 12.6. The summed E-state index contributed by atoms with van der Waals surface area (Å²) in [5.41, 5.74) is 0.715. The first-order chi connectivity index (χ1) is 21.1. The number of urea groups is 1. The average molecular weight is 613 g/mol. The smallest absolute Gasteiger partial charge is 0.325 e. The SMILES string of the molecule is COC(=O)CN(C(=O)N[C@@H]1CC[C@@]2(C)[C@H](CC[C@@H]3[C@@H]2CC[C@]2(C)[C@@H]4[C@H](C[C@@H]32)O[C@]2(CC[C@H](C)CO2)[C@H]4C)C1)C1CCCCC1. The minimum absolute atomic E-state index is 0.0567. The summed E-state index contributed by atoms with van der Waals surface area (Å²) in [6.45, 7) is 10.9. The Kier molecular flexibility index (Phi) is 8.33. The minimum Gasteiger partial charge on any atom is -0.468 e. The molecule has 12 atom stereocenters. The van der Waals surface area contributed by atoms with Crippen LogP contribution >= 0.6 is 0 Å². The Balaban J connectivity index is 1.01. The van der Waals surface area contributed by atoms with Crippen molar-refractivity contribution in [2.24, 2.45) is 52.3 Å². The number of esters is 1. The maximum atomic E-state index is 13.6. The number of hydrogen-bond donors (Lipinski definition) is 1. The number of amides is 2. The van der Waals surface area contributed by atoms with Crippen molar-refractivity contribution in [1.29, 1.82) is 0 Å². The van der Waals surface area contributed by atoms with Crippen LogP contribution in [0.25, 0.3) is 0 Å². The van der Waals surface area contributed by atoms with Gasteiger partial charge in [-0.25, -0.2) is 4.79 Å². The van der Waals surface area contributed by atoms with Crippen LogP contribution in [0.2, 0.25) is 0 Å². The highest BCUT2D eigenvalue weighted by atomic mass is 16.7. The molecule has 44 heavy (non-hydrogen) atoms. The summed E-state index contributed by atoms with van der Waals surface area (Å²) in [7, 11) is 1.42. The Bertz CT molecular complexity index is 1080. The first-order valence-corrected chi connectivity index (χ1v) is 18.5. The van der Waals surface area contributed by atoms with E-state index in [1.807, 2.05) is 0 Å². The fraction of sp³-hybridized carbons (Fsp3) is 0.946. The molecule has 2 aliphatic heterocycles. The Hall–Kier alpha value is -1.34. The van der Waals surface area contributed by atoms with E-state index in [2.05, 4.69) is 33.0 Å². The Morgan fingerprint density at radius 3 is 2.39 bits per heavy atom. The van der Waals surface area contributed by atoms with E-state index in [1.54, 1.807) is 4.90 Å². The average Bonchev–Trinajstić information content (AvgIpc) is 3.47.